The average Bonchev–Trinajstić information content (AvgIpc) is 3.22. The van der Waals surface area contributed by atoms with Gasteiger partial charge in [-0.1, -0.05) is 6.92 Å². The maximum absolute atomic E-state index is 3.69. The van der Waals surface area contributed by atoms with E-state index in [2.05, 4.69) is 17.1 Å². The first-order valence-electron chi connectivity index (χ1n) is 7.86. The molecule has 0 aromatic heterocycles. The molecule has 0 bridgehead atoms. The number of hydrogen-bond donors (Lipinski definition) is 1. The molecule has 0 atom stereocenters. The fraction of sp³-hybridized carbons (Fsp3) is 1.00. The summed E-state index contributed by atoms with van der Waals surface area (Å²) < 4.78 is 0. The number of nitrogens with zero attached hydrogens (tertiary/aromatic N) is 1. The van der Waals surface area contributed by atoms with Gasteiger partial charge in [-0.2, -0.15) is 0 Å². The molecule has 3 rings (SSSR count). The molecule has 0 spiro atoms. The molecule has 1 aliphatic heterocycles. The summed E-state index contributed by atoms with van der Waals surface area (Å²) in [5.74, 6) is 2.17. The van der Waals surface area contributed by atoms with Crippen LogP contribution in [-0.4, -0.2) is 36.6 Å². The number of hydrogen-bond acceptors (Lipinski definition) is 2. The Balaban J connectivity index is 1.46. The van der Waals surface area contributed by atoms with Gasteiger partial charge in [0.15, 0.2) is 0 Å². The van der Waals surface area contributed by atoms with Crippen LogP contribution in [0.1, 0.15) is 51.9 Å². The van der Waals surface area contributed by atoms with Crippen LogP contribution in [0.5, 0.6) is 0 Å². The van der Waals surface area contributed by atoms with Gasteiger partial charge < -0.3 is 5.32 Å². The molecule has 1 N–H and O–H groups in total. The van der Waals surface area contributed by atoms with Gasteiger partial charge in [0.05, 0.1) is 0 Å². The van der Waals surface area contributed by atoms with E-state index in [4.69, 9.17) is 0 Å². The van der Waals surface area contributed by atoms with E-state index < -0.39 is 0 Å². The molecule has 0 unspecified atom stereocenters. The highest BCUT2D eigenvalue weighted by atomic mass is 15.2. The lowest BCUT2D eigenvalue weighted by molar-refractivity contribution is 0.114. The summed E-state index contributed by atoms with van der Waals surface area (Å²) in [6.07, 6.45) is 10.1. The number of rotatable bonds is 6. The molecule has 0 aromatic rings. The highest BCUT2D eigenvalue weighted by molar-refractivity contribution is 4.98. The van der Waals surface area contributed by atoms with Crippen LogP contribution in [0.2, 0.25) is 0 Å². The number of piperidine rings is 1. The van der Waals surface area contributed by atoms with E-state index in [1.165, 1.54) is 64.6 Å². The zero-order valence-electron chi connectivity index (χ0n) is 11.3. The quantitative estimate of drug-likeness (QED) is 0.763. The van der Waals surface area contributed by atoms with Gasteiger partial charge in [0.1, 0.15) is 0 Å². The van der Waals surface area contributed by atoms with Gasteiger partial charge in [-0.25, -0.2) is 0 Å². The Labute approximate surface area is 106 Å². The lowest BCUT2D eigenvalue weighted by atomic mass is 9.98. The fourth-order valence-electron chi connectivity index (χ4n) is 3.61. The molecule has 3 aliphatic rings. The lowest BCUT2D eigenvalue weighted by Gasteiger charge is -2.38. The fourth-order valence-corrected chi connectivity index (χ4v) is 3.61. The number of nitrogens with one attached hydrogen (secondary N) is 1. The van der Waals surface area contributed by atoms with Gasteiger partial charge in [-0.05, 0) is 76.4 Å². The first kappa shape index (κ1) is 12.0. The zero-order valence-corrected chi connectivity index (χ0v) is 11.3. The van der Waals surface area contributed by atoms with E-state index in [0.29, 0.717) is 0 Å². The van der Waals surface area contributed by atoms with E-state index in [9.17, 15) is 0 Å². The van der Waals surface area contributed by atoms with E-state index in [1.54, 1.807) is 0 Å². The summed E-state index contributed by atoms with van der Waals surface area (Å²) in [5.41, 5.74) is 0. The summed E-state index contributed by atoms with van der Waals surface area (Å²) in [4.78, 5) is 2.85. The van der Waals surface area contributed by atoms with Crippen LogP contribution in [0.25, 0.3) is 0 Å². The monoisotopic (exact) mass is 236 g/mol. The molecular weight excluding hydrogens is 208 g/mol. The molecule has 0 amide bonds. The SMILES string of the molecule is CCCNC1CCN(C(C2CC2)C2CC2)CC1. The minimum atomic E-state index is 0.810. The van der Waals surface area contributed by atoms with Gasteiger partial charge in [0.2, 0.25) is 0 Å². The van der Waals surface area contributed by atoms with Crippen LogP contribution in [0, 0.1) is 11.8 Å². The second kappa shape index (κ2) is 5.27. The summed E-state index contributed by atoms with van der Waals surface area (Å²) in [5, 5.41) is 3.69. The first-order chi connectivity index (χ1) is 8.38. The maximum Gasteiger partial charge on any atom is 0.0152 e. The molecule has 0 radical (unpaired) electrons. The van der Waals surface area contributed by atoms with Crippen LogP contribution >= 0.6 is 0 Å². The predicted octanol–water partition coefficient (Wildman–Crippen LogP) is 2.64. The van der Waals surface area contributed by atoms with Crippen molar-refractivity contribution in [2.75, 3.05) is 19.6 Å². The van der Waals surface area contributed by atoms with Crippen LogP contribution in [0.4, 0.5) is 0 Å². The third kappa shape index (κ3) is 3.03. The molecule has 2 aliphatic carbocycles. The first-order valence-corrected chi connectivity index (χ1v) is 7.86. The zero-order chi connectivity index (χ0) is 11.7. The Morgan fingerprint density at radius 3 is 2.06 bits per heavy atom. The molecule has 17 heavy (non-hydrogen) atoms. The van der Waals surface area contributed by atoms with Crippen LogP contribution in [0.15, 0.2) is 0 Å². The van der Waals surface area contributed by atoms with E-state index in [-0.39, 0.29) is 0 Å². The molecular formula is C15H28N2. The Morgan fingerprint density at radius 1 is 1.00 bits per heavy atom. The lowest BCUT2D eigenvalue weighted by Crippen LogP contribution is -2.48. The molecule has 2 nitrogen and oxygen atoms in total. The van der Waals surface area contributed by atoms with Crippen LogP contribution in [-0.2, 0) is 0 Å². The van der Waals surface area contributed by atoms with Gasteiger partial charge in [-0.3, -0.25) is 4.90 Å². The highest BCUT2D eigenvalue weighted by Crippen LogP contribution is 2.47. The van der Waals surface area contributed by atoms with Crippen molar-refractivity contribution in [1.29, 1.82) is 0 Å². The van der Waals surface area contributed by atoms with E-state index in [1.807, 2.05) is 0 Å². The summed E-state index contributed by atoms with van der Waals surface area (Å²) in [7, 11) is 0. The van der Waals surface area contributed by atoms with E-state index in [0.717, 1.165) is 23.9 Å². The largest absolute Gasteiger partial charge is 0.314 e. The third-order valence-corrected chi connectivity index (χ3v) is 4.84. The van der Waals surface area contributed by atoms with Crippen LogP contribution < -0.4 is 5.32 Å². The Bertz CT molecular complexity index is 225. The van der Waals surface area contributed by atoms with Gasteiger partial charge >= 0.3 is 0 Å². The maximum atomic E-state index is 3.69. The van der Waals surface area contributed by atoms with Crippen molar-refractivity contribution in [3.05, 3.63) is 0 Å². The minimum absolute atomic E-state index is 0.810. The van der Waals surface area contributed by atoms with E-state index >= 15 is 0 Å². The standard InChI is InChI=1S/C15H28N2/c1-2-9-16-14-7-10-17(11-8-14)15(12-3-4-12)13-5-6-13/h12-16H,2-11H2,1H3. The smallest absolute Gasteiger partial charge is 0.0152 e. The molecule has 2 saturated carbocycles. The second-order valence-electron chi connectivity index (χ2n) is 6.43. The Kier molecular flexibility index (Phi) is 3.72. The minimum Gasteiger partial charge on any atom is -0.314 e. The normalized spacial score (nSPS) is 27.9. The second-order valence-corrected chi connectivity index (χ2v) is 6.43. The van der Waals surface area contributed by atoms with Crippen molar-refractivity contribution in [2.24, 2.45) is 11.8 Å². The molecule has 1 saturated heterocycles. The van der Waals surface area contributed by atoms with Crippen molar-refractivity contribution in [1.82, 2.24) is 10.2 Å². The van der Waals surface area contributed by atoms with Crippen molar-refractivity contribution in [3.63, 3.8) is 0 Å². The molecule has 98 valence electrons. The van der Waals surface area contributed by atoms with Gasteiger partial charge in [0, 0.05) is 12.1 Å². The van der Waals surface area contributed by atoms with Crippen molar-refractivity contribution < 1.29 is 0 Å². The summed E-state index contributed by atoms with van der Waals surface area (Å²) in [6.45, 7) is 6.19. The Hall–Kier alpha value is -0.0800. The molecule has 1 heterocycles. The molecule has 2 heteroatoms. The highest BCUT2D eigenvalue weighted by Gasteiger charge is 2.44. The van der Waals surface area contributed by atoms with Crippen LogP contribution in [0.3, 0.4) is 0 Å². The summed E-state index contributed by atoms with van der Waals surface area (Å²) >= 11 is 0. The topological polar surface area (TPSA) is 15.3 Å². The van der Waals surface area contributed by atoms with Gasteiger partial charge in [-0.15, -0.1) is 0 Å². The molecule has 0 aromatic carbocycles. The van der Waals surface area contributed by atoms with Crippen molar-refractivity contribution in [3.8, 4) is 0 Å². The third-order valence-electron chi connectivity index (χ3n) is 4.84. The number of likely N-dealkylation sites (tertiary alicyclic amines) is 1. The predicted molar refractivity (Wildman–Crippen MR) is 72.1 cm³/mol. The summed E-state index contributed by atoms with van der Waals surface area (Å²) in [6, 6.07) is 1.80. The molecule has 3 fully saturated rings. The Morgan fingerprint density at radius 2 is 1.59 bits per heavy atom. The average molecular weight is 236 g/mol. The van der Waals surface area contributed by atoms with Crippen molar-refractivity contribution >= 4 is 0 Å². The van der Waals surface area contributed by atoms with Gasteiger partial charge in [0.25, 0.3) is 0 Å². The van der Waals surface area contributed by atoms with Crippen molar-refractivity contribution in [2.45, 2.75) is 64.0 Å².